The summed E-state index contributed by atoms with van der Waals surface area (Å²) in [5.41, 5.74) is 1.35. The van der Waals surface area contributed by atoms with Gasteiger partial charge in [0, 0.05) is 24.2 Å². The van der Waals surface area contributed by atoms with Crippen molar-refractivity contribution in [1.82, 2.24) is 4.90 Å². The molecule has 1 heterocycles. The van der Waals surface area contributed by atoms with Gasteiger partial charge in [-0.2, -0.15) is 0 Å². The van der Waals surface area contributed by atoms with E-state index in [0.29, 0.717) is 27.8 Å². The van der Waals surface area contributed by atoms with Crippen LogP contribution in [0.3, 0.4) is 0 Å². The molecule has 1 N–H and O–H groups in total. The minimum atomic E-state index is -0.337. The summed E-state index contributed by atoms with van der Waals surface area (Å²) < 4.78 is 0. The van der Waals surface area contributed by atoms with Gasteiger partial charge < -0.3 is 10.2 Å². The number of anilines is 1. The highest BCUT2D eigenvalue weighted by Gasteiger charge is 2.22. The maximum atomic E-state index is 12.7. The molecular formula is C20H20Cl2N2O2. The summed E-state index contributed by atoms with van der Waals surface area (Å²) in [6, 6.07) is 11.8. The van der Waals surface area contributed by atoms with E-state index in [4.69, 9.17) is 23.2 Å². The minimum absolute atomic E-state index is 0.0349. The molecule has 0 atom stereocenters. The van der Waals surface area contributed by atoms with Crippen LogP contribution in [0.1, 0.15) is 40.5 Å². The number of piperidine rings is 1. The first-order valence-electron chi connectivity index (χ1n) is 8.60. The fraction of sp³-hybridized carbons (Fsp3) is 0.300. The lowest BCUT2D eigenvalue weighted by molar-refractivity contribution is 0.0697. The zero-order chi connectivity index (χ0) is 18.7. The molecule has 2 aromatic carbocycles. The van der Waals surface area contributed by atoms with Crippen LogP contribution in [0.25, 0.3) is 0 Å². The fourth-order valence-electron chi connectivity index (χ4n) is 2.98. The lowest BCUT2D eigenvalue weighted by Gasteiger charge is -2.30. The highest BCUT2D eigenvalue weighted by molar-refractivity contribution is 6.44. The zero-order valence-corrected chi connectivity index (χ0v) is 16.0. The van der Waals surface area contributed by atoms with Crippen LogP contribution in [0.5, 0.6) is 0 Å². The number of carbonyl (C=O) groups excluding carboxylic acids is 2. The number of nitrogens with zero attached hydrogens (tertiary/aromatic N) is 1. The second-order valence-corrected chi connectivity index (χ2v) is 7.40. The first-order valence-corrected chi connectivity index (χ1v) is 9.36. The molecule has 0 saturated carbocycles. The van der Waals surface area contributed by atoms with Gasteiger partial charge >= 0.3 is 0 Å². The molecule has 0 aliphatic carbocycles. The summed E-state index contributed by atoms with van der Waals surface area (Å²) in [6.45, 7) is 3.72. The maximum absolute atomic E-state index is 12.7. The lowest BCUT2D eigenvalue weighted by atomic mass is 9.98. The van der Waals surface area contributed by atoms with E-state index in [2.05, 4.69) is 12.2 Å². The Morgan fingerprint density at radius 1 is 1.04 bits per heavy atom. The lowest BCUT2D eigenvalue weighted by Crippen LogP contribution is -2.38. The molecule has 6 heteroatoms. The molecule has 26 heavy (non-hydrogen) atoms. The van der Waals surface area contributed by atoms with Crippen LogP contribution in [0, 0.1) is 5.92 Å². The molecule has 0 aromatic heterocycles. The Hall–Kier alpha value is -2.04. The first kappa shape index (κ1) is 18.7. The average molecular weight is 391 g/mol. The molecule has 2 aromatic rings. The quantitative estimate of drug-likeness (QED) is 0.790. The summed E-state index contributed by atoms with van der Waals surface area (Å²) in [7, 11) is 0. The number of rotatable bonds is 3. The van der Waals surface area contributed by atoms with Gasteiger partial charge in [-0.25, -0.2) is 0 Å². The summed E-state index contributed by atoms with van der Waals surface area (Å²) >= 11 is 12.1. The molecular weight excluding hydrogens is 371 g/mol. The largest absolute Gasteiger partial charge is 0.339 e. The van der Waals surface area contributed by atoms with Gasteiger partial charge in [-0.05, 0) is 49.1 Å². The van der Waals surface area contributed by atoms with Crippen LogP contribution in [0.15, 0.2) is 42.5 Å². The zero-order valence-electron chi connectivity index (χ0n) is 14.5. The number of hydrogen-bond donors (Lipinski definition) is 1. The van der Waals surface area contributed by atoms with Gasteiger partial charge in [0.05, 0.1) is 15.7 Å². The number of nitrogens with one attached hydrogen (secondary N) is 1. The van der Waals surface area contributed by atoms with Gasteiger partial charge in [0.25, 0.3) is 11.8 Å². The monoisotopic (exact) mass is 390 g/mol. The molecule has 1 aliphatic rings. The Balaban J connectivity index is 1.75. The van der Waals surface area contributed by atoms with E-state index in [0.717, 1.165) is 25.9 Å². The summed E-state index contributed by atoms with van der Waals surface area (Å²) in [4.78, 5) is 27.1. The Labute approximate surface area is 163 Å². The Morgan fingerprint density at radius 2 is 1.69 bits per heavy atom. The minimum Gasteiger partial charge on any atom is -0.339 e. The number of halogens is 2. The van der Waals surface area contributed by atoms with Crippen molar-refractivity contribution in [2.24, 2.45) is 5.92 Å². The molecule has 0 unspecified atom stereocenters. The van der Waals surface area contributed by atoms with E-state index in [1.807, 2.05) is 4.90 Å². The van der Waals surface area contributed by atoms with E-state index in [-0.39, 0.29) is 16.8 Å². The second kappa shape index (κ2) is 8.11. The standard InChI is InChI=1S/C20H20Cl2N2O2/c1-13-8-10-24(11-9-13)20(26)15-5-2-4-14(12-15)19(25)23-17-7-3-6-16(21)18(17)22/h2-7,12-13H,8-11H2,1H3,(H,23,25). The Kier molecular flexibility index (Phi) is 5.84. The highest BCUT2D eigenvalue weighted by atomic mass is 35.5. The number of likely N-dealkylation sites (tertiary alicyclic amines) is 1. The van der Waals surface area contributed by atoms with Gasteiger partial charge in [-0.15, -0.1) is 0 Å². The molecule has 3 rings (SSSR count). The summed E-state index contributed by atoms with van der Waals surface area (Å²) in [5, 5.41) is 3.40. The highest BCUT2D eigenvalue weighted by Crippen LogP contribution is 2.30. The van der Waals surface area contributed by atoms with E-state index in [1.54, 1.807) is 42.5 Å². The first-order chi connectivity index (χ1) is 12.5. The number of benzene rings is 2. The van der Waals surface area contributed by atoms with Gasteiger partial charge in [0.15, 0.2) is 0 Å². The van der Waals surface area contributed by atoms with Gasteiger partial charge in [-0.3, -0.25) is 9.59 Å². The fourth-order valence-corrected chi connectivity index (χ4v) is 3.33. The Morgan fingerprint density at radius 3 is 2.42 bits per heavy atom. The van der Waals surface area contributed by atoms with Crippen molar-refractivity contribution >= 4 is 40.7 Å². The molecule has 0 bridgehead atoms. The average Bonchev–Trinajstić information content (AvgIpc) is 2.65. The molecule has 0 spiro atoms. The van der Waals surface area contributed by atoms with Gasteiger partial charge in [0.1, 0.15) is 0 Å². The van der Waals surface area contributed by atoms with Crippen LogP contribution in [-0.2, 0) is 0 Å². The third-order valence-corrected chi connectivity index (χ3v) is 5.46. The van der Waals surface area contributed by atoms with Crippen LogP contribution >= 0.6 is 23.2 Å². The normalized spacial score (nSPS) is 15.0. The molecule has 1 aliphatic heterocycles. The third kappa shape index (κ3) is 4.19. The molecule has 2 amide bonds. The number of hydrogen-bond acceptors (Lipinski definition) is 2. The third-order valence-electron chi connectivity index (χ3n) is 4.64. The van der Waals surface area contributed by atoms with E-state index < -0.39 is 0 Å². The van der Waals surface area contributed by atoms with E-state index in [1.165, 1.54) is 0 Å². The SMILES string of the molecule is CC1CCN(C(=O)c2cccc(C(=O)Nc3cccc(Cl)c3Cl)c2)CC1. The van der Waals surface area contributed by atoms with Crippen molar-refractivity contribution in [3.63, 3.8) is 0 Å². The second-order valence-electron chi connectivity index (χ2n) is 6.61. The molecule has 0 radical (unpaired) electrons. The van der Waals surface area contributed by atoms with Crippen LogP contribution in [0.4, 0.5) is 5.69 Å². The number of carbonyl (C=O) groups is 2. The van der Waals surface area contributed by atoms with Crippen LogP contribution in [0.2, 0.25) is 10.0 Å². The predicted molar refractivity (Wildman–Crippen MR) is 105 cm³/mol. The van der Waals surface area contributed by atoms with Crippen LogP contribution in [-0.4, -0.2) is 29.8 Å². The van der Waals surface area contributed by atoms with Gasteiger partial charge in [-0.1, -0.05) is 42.3 Å². The van der Waals surface area contributed by atoms with Crippen molar-refractivity contribution in [1.29, 1.82) is 0 Å². The smallest absolute Gasteiger partial charge is 0.255 e. The van der Waals surface area contributed by atoms with Crippen molar-refractivity contribution in [3.05, 3.63) is 63.6 Å². The maximum Gasteiger partial charge on any atom is 0.255 e. The number of amides is 2. The van der Waals surface area contributed by atoms with Crippen molar-refractivity contribution in [2.75, 3.05) is 18.4 Å². The topological polar surface area (TPSA) is 49.4 Å². The summed E-state index contributed by atoms with van der Waals surface area (Å²) in [6.07, 6.45) is 2.03. The van der Waals surface area contributed by atoms with Gasteiger partial charge in [0.2, 0.25) is 0 Å². The van der Waals surface area contributed by atoms with E-state index in [9.17, 15) is 9.59 Å². The van der Waals surface area contributed by atoms with E-state index >= 15 is 0 Å². The Bertz CT molecular complexity index is 830. The summed E-state index contributed by atoms with van der Waals surface area (Å²) in [5.74, 6) is 0.280. The van der Waals surface area contributed by atoms with Crippen molar-refractivity contribution in [2.45, 2.75) is 19.8 Å². The molecule has 136 valence electrons. The molecule has 1 fully saturated rings. The van der Waals surface area contributed by atoms with Crippen molar-refractivity contribution in [3.8, 4) is 0 Å². The predicted octanol–water partition coefficient (Wildman–Crippen LogP) is 5.12. The van der Waals surface area contributed by atoms with Crippen molar-refractivity contribution < 1.29 is 9.59 Å². The molecule has 1 saturated heterocycles. The van der Waals surface area contributed by atoms with Crippen LogP contribution < -0.4 is 5.32 Å². The molecule has 4 nitrogen and oxygen atoms in total.